The second-order valence-corrected chi connectivity index (χ2v) is 6.09. The van der Waals surface area contributed by atoms with Crippen LogP contribution >= 0.6 is 11.8 Å². The van der Waals surface area contributed by atoms with Gasteiger partial charge in [-0.15, -0.1) is 0 Å². The molecule has 2 nitrogen and oxygen atoms in total. The summed E-state index contributed by atoms with van der Waals surface area (Å²) in [4.78, 5) is 0. The third-order valence-corrected chi connectivity index (χ3v) is 4.20. The number of aliphatic hydroxyl groups is 1. The molecule has 0 bridgehead atoms. The van der Waals surface area contributed by atoms with Crippen molar-refractivity contribution in [3.05, 3.63) is 0 Å². The molecule has 0 aromatic carbocycles. The van der Waals surface area contributed by atoms with Crippen molar-refractivity contribution in [1.29, 1.82) is 0 Å². The van der Waals surface area contributed by atoms with E-state index in [4.69, 9.17) is 0 Å². The summed E-state index contributed by atoms with van der Waals surface area (Å²) in [5.41, 5.74) is -0.421. The van der Waals surface area contributed by atoms with Gasteiger partial charge >= 0.3 is 0 Å². The van der Waals surface area contributed by atoms with E-state index in [1.165, 1.54) is 6.42 Å². The summed E-state index contributed by atoms with van der Waals surface area (Å²) in [7, 11) is 0. The minimum absolute atomic E-state index is 0.421. The predicted molar refractivity (Wildman–Crippen MR) is 63.8 cm³/mol. The fourth-order valence-electron chi connectivity index (χ4n) is 1.81. The maximum atomic E-state index is 10.2. The molecule has 2 unspecified atom stereocenters. The Balaban J connectivity index is 2.21. The van der Waals surface area contributed by atoms with E-state index in [2.05, 4.69) is 26.1 Å². The topological polar surface area (TPSA) is 32.3 Å². The Morgan fingerprint density at radius 2 is 2.29 bits per heavy atom. The molecule has 0 heterocycles. The van der Waals surface area contributed by atoms with E-state index < -0.39 is 5.60 Å². The zero-order valence-corrected chi connectivity index (χ0v) is 10.4. The van der Waals surface area contributed by atoms with Crippen molar-refractivity contribution < 1.29 is 5.11 Å². The number of hydrogen-bond donors (Lipinski definition) is 2. The van der Waals surface area contributed by atoms with Gasteiger partial charge in [0.05, 0.1) is 5.60 Å². The highest BCUT2D eigenvalue weighted by molar-refractivity contribution is 8.00. The van der Waals surface area contributed by atoms with Crippen LogP contribution in [-0.2, 0) is 0 Å². The summed E-state index contributed by atoms with van der Waals surface area (Å²) >= 11 is 1.89. The van der Waals surface area contributed by atoms with Crippen molar-refractivity contribution in [1.82, 2.24) is 5.32 Å². The number of thioether (sulfide) groups is 1. The number of nitrogens with one attached hydrogen (secondary N) is 1. The third-order valence-electron chi connectivity index (χ3n) is 2.79. The highest BCUT2D eigenvalue weighted by Crippen LogP contribution is 2.40. The van der Waals surface area contributed by atoms with Crippen LogP contribution in [-0.4, -0.2) is 34.8 Å². The fourth-order valence-corrected chi connectivity index (χ4v) is 3.01. The Hall–Kier alpha value is 0.270. The van der Waals surface area contributed by atoms with Crippen molar-refractivity contribution in [2.75, 3.05) is 18.8 Å². The lowest BCUT2D eigenvalue weighted by Crippen LogP contribution is -2.56. The first-order valence-electron chi connectivity index (χ1n) is 5.63. The molecular weight excluding hydrogens is 194 g/mol. The van der Waals surface area contributed by atoms with Crippen LogP contribution < -0.4 is 5.32 Å². The van der Waals surface area contributed by atoms with E-state index in [1.54, 1.807) is 0 Å². The normalized spacial score (nSPS) is 31.9. The molecule has 3 heteroatoms. The van der Waals surface area contributed by atoms with Crippen LogP contribution in [0, 0.1) is 5.92 Å². The fraction of sp³-hybridized carbons (Fsp3) is 1.00. The van der Waals surface area contributed by atoms with Gasteiger partial charge in [-0.05, 0) is 31.1 Å². The Morgan fingerprint density at radius 3 is 2.71 bits per heavy atom. The number of hydrogen-bond acceptors (Lipinski definition) is 3. The molecule has 0 saturated heterocycles. The van der Waals surface area contributed by atoms with Gasteiger partial charge in [-0.1, -0.05) is 20.8 Å². The maximum absolute atomic E-state index is 10.2. The van der Waals surface area contributed by atoms with Gasteiger partial charge in [-0.2, -0.15) is 11.8 Å². The smallest absolute Gasteiger partial charge is 0.0889 e. The lowest BCUT2D eigenvalue weighted by Gasteiger charge is -2.45. The molecule has 0 aromatic rings. The summed E-state index contributed by atoms with van der Waals surface area (Å²) < 4.78 is 0. The van der Waals surface area contributed by atoms with Gasteiger partial charge in [0.15, 0.2) is 0 Å². The van der Waals surface area contributed by atoms with Crippen LogP contribution in [0.15, 0.2) is 0 Å². The van der Waals surface area contributed by atoms with Gasteiger partial charge in [-0.3, -0.25) is 0 Å². The first-order chi connectivity index (χ1) is 6.58. The highest BCUT2D eigenvalue weighted by atomic mass is 32.2. The van der Waals surface area contributed by atoms with Gasteiger partial charge in [0.2, 0.25) is 0 Å². The van der Waals surface area contributed by atoms with Gasteiger partial charge < -0.3 is 10.4 Å². The lowest BCUT2D eigenvalue weighted by molar-refractivity contribution is -0.0235. The Labute approximate surface area is 91.9 Å². The van der Waals surface area contributed by atoms with Crippen LogP contribution in [0.4, 0.5) is 0 Å². The van der Waals surface area contributed by atoms with Gasteiger partial charge in [0.1, 0.15) is 0 Å². The van der Waals surface area contributed by atoms with Crippen LogP contribution in [0.25, 0.3) is 0 Å². The summed E-state index contributed by atoms with van der Waals surface area (Å²) in [5.74, 6) is 1.77. The molecule has 84 valence electrons. The molecule has 2 N–H and O–H groups in total. The number of rotatable bonds is 6. The van der Waals surface area contributed by atoms with Crippen molar-refractivity contribution >= 4 is 11.8 Å². The van der Waals surface area contributed by atoms with Crippen molar-refractivity contribution in [3.8, 4) is 0 Å². The molecule has 0 spiro atoms. The van der Waals surface area contributed by atoms with Crippen LogP contribution in [0.5, 0.6) is 0 Å². The predicted octanol–water partition coefficient (Wildman–Crippen LogP) is 1.88. The zero-order valence-electron chi connectivity index (χ0n) is 9.55. The Kier molecular flexibility index (Phi) is 4.74. The first kappa shape index (κ1) is 12.3. The van der Waals surface area contributed by atoms with Gasteiger partial charge in [-0.25, -0.2) is 0 Å². The molecular formula is C11H23NOS. The average Bonchev–Trinajstić information content (AvgIpc) is 2.12. The molecule has 1 aliphatic carbocycles. The monoisotopic (exact) mass is 217 g/mol. The third kappa shape index (κ3) is 3.14. The second kappa shape index (κ2) is 5.38. The SMILES string of the molecule is CCSC1CCC1(O)CNCC(C)C. The van der Waals surface area contributed by atoms with E-state index in [0.29, 0.717) is 11.2 Å². The first-order valence-corrected chi connectivity index (χ1v) is 6.68. The molecule has 1 rings (SSSR count). The molecule has 0 aromatic heterocycles. The van der Waals surface area contributed by atoms with Crippen molar-refractivity contribution in [3.63, 3.8) is 0 Å². The lowest BCUT2D eigenvalue weighted by atomic mass is 9.79. The quantitative estimate of drug-likeness (QED) is 0.712. The Bertz CT molecular complexity index is 175. The molecule has 0 radical (unpaired) electrons. The highest BCUT2D eigenvalue weighted by Gasteiger charge is 2.44. The minimum atomic E-state index is -0.421. The molecule has 1 fully saturated rings. The van der Waals surface area contributed by atoms with E-state index in [0.717, 1.165) is 25.3 Å². The molecule has 0 aliphatic heterocycles. The van der Waals surface area contributed by atoms with Crippen LogP contribution in [0.2, 0.25) is 0 Å². The maximum Gasteiger partial charge on any atom is 0.0889 e. The second-order valence-electron chi connectivity index (χ2n) is 4.61. The summed E-state index contributed by atoms with van der Waals surface area (Å²) in [5, 5.41) is 14.0. The van der Waals surface area contributed by atoms with E-state index in [-0.39, 0.29) is 0 Å². The molecule has 1 aliphatic rings. The van der Waals surface area contributed by atoms with Gasteiger partial charge in [0, 0.05) is 11.8 Å². The molecule has 14 heavy (non-hydrogen) atoms. The van der Waals surface area contributed by atoms with Gasteiger partial charge in [0.25, 0.3) is 0 Å². The molecule has 0 amide bonds. The summed E-state index contributed by atoms with van der Waals surface area (Å²) in [6.07, 6.45) is 2.15. The summed E-state index contributed by atoms with van der Waals surface area (Å²) in [6.45, 7) is 8.31. The van der Waals surface area contributed by atoms with E-state index >= 15 is 0 Å². The van der Waals surface area contributed by atoms with Crippen LogP contribution in [0.1, 0.15) is 33.6 Å². The van der Waals surface area contributed by atoms with Crippen LogP contribution in [0.3, 0.4) is 0 Å². The van der Waals surface area contributed by atoms with E-state index in [1.807, 2.05) is 11.8 Å². The van der Waals surface area contributed by atoms with E-state index in [9.17, 15) is 5.11 Å². The Morgan fingerprint density at radius 1 is 1.57 bits per heavy atom. The minimum Gasteiger partial charge on any atom is -0.387 e. The average molecular weight is 217 g/mol. The zero-order chi connectivity index (χ0) is 10.6. The standard InChI is InChI=1S/C11H23NOS/c1-4-14-10-5-6-11(10,13)8-12-7-9(2)3/h9-10,12-13H,4-8H2,1-3H3. The molecule has 1 saturated carbocycles. The largest absolute Gasteiger partial charge is 0.387 e. The molecule has 2 atom stereocenters. The van der Waals surface area contributed by atoms with Crippen molar-refractivity contribution in [2.24, 2.45) is 5.92 Å². The summed E-state index contributed by atoms with van der Waals surface area (Å²) in [6, 6.07) is 0. The van der Waals surface area contributed by atoms with Crippen molar-refractivity contribution in [2.45, 2.75) is 44.5 Å².